The minimum absolute atomic E-state index is 0.00577. The molecule has 0 saturated heterocycles. The molecule has 0 bridgehead atoms. The summed E-state index contributed by atoms with van der Waals surface area (Å²) in [5, 5.41) is 15.6. The van der Waals surface area contributed by atoms with Crippen LogP contribution in [0.1, 0.15) is 38.8 Å². The Morgan fingerprint density at radius 3 is 2.24 bits per heavy atom. The number of benzene rings is 2. The quantitative estimate of drug-likeness (QED) is 0.212. The predicted molar refractivity (Wildman–Crippen MR) is 151 cm³/mol. The molecule has 0 fully saturated rings. The van der Waals surface area contributed by atoms with E-state index in [2.05, 4.69) is 15.5 Å². The van der Waals surface area contributed by atoms with Crippen molar-refractivity contribution < 1.29 is 26.7 Å². The van der Waals surface area contributed by atoms with Gasteiger partial charge in [-0.05, 0) is 64.1 Å². The molecule has 4 aromatic rings. The summed E-state index contributed by atoms with van der Waals surface area (Å²) in [6.07, 6.45) is -2.25. The zero-order valence-electron chi connectivity index (χ0n) is 22.6. The van der Waals surface area contributed by atoms with E-state index in [4.69, 9.17) is 0 Å². The van der Waals surface area contributed by atoms with Crippen LogP contribution < -0.4 is 11.0 Å². The lowest BCUT2D eigenvalue weighted by Gasteiger charge is -2.29. The molecule has 0 aliphatic carbocycles. The van der Waals surface area contributed by atoms with Crippen LogP contribution in [0.2, 0.25) is 0 Å². The molecule has 0 spiro atoms. The first kappa shape index (κ1) is 29.7. The number of anilines is 1. The van der Waals surface area contributed by atoms with Gasteiger partial charge in [0.1, 0.15) is 10.7 Å². The first-order valence-corrected chi connectivity index (χ1v) is 14.0. The maximum atomic E-state index is 13.3. The van der Waals surface area contributed by atoms with Crippen molar-refractivity contribution in [1.29, 1.82) is 0 Å². The molecule has 0 aliphatic rings. The minimum Gasteiger partial charge on any atom is -0.494 e. The highest BCUT2D eigenvalue weighted by Crippen LogP contribution is 2.32. The number of halogens is 3. The fourth-order valence-electron chi connectivity index (χ4n) is 4.59. The Morgan fingerprint density at radius 1 is 1.00 bits per heavy atom. The van der Waals surface area contributed by atoms with Crippen LogP contribution in [0.3, 0.4) is 0 Å². The van der Waals surface area contributed by atoms with Crippen LogP contribution in [0, 0.1) is 0 Å². The van der Waals surface area contributed by atoms with Crippen LogP contribution >= 0.6 is 0 Å². The van der Waals surface area contributed by atoms with Crippen LogP contribution in [0.5, 0.6) is 5.88 Å². The van der Waals surface area contributed by atoms with Gasteiger partial charge in [0.05, 0.1) is 23.0 Å². The number of pyridine rings is 2. The molecule has 216 valence electrons. The highest BCUT2D eigenvalue weighted by molar-refractivity contribution is 7.89. The first-order valence-electron chi connectivity index (χ1n) is 12.6. The Bertz CT molecular complexity index is 1760. The molecule has 0 amide bonds. The van der Waals surface area contributed by atoms with Gasteiger partial charge in [0, 0.05) is 29.1 Å². The molecule has 0 unspecified atom stereocenters. The Balaban J connectivity index is 1.70. The molecule has 0 radical (unpaired) electrons. The second-order valence-electron chi connectivity index (χ2n) is 9.74. The molecule has 41 heavy (non-hydrogen) atoms. The number of rotatable bonds is 8. The predicted octanol–water partition coefficient (Wildman–Crippen LogP) is 5.36. The van der Waals surface area contributed by atoms with Gasteiger partial charge in [0.2, 0.25) is 15.9 Å². The average Bonchev–Trinajstić information content (AvgIpc) is 2.90. The van der Waals surface area contributed by atoms with Crippen molar-refractivity contribution in [2.45, 2.75) is 50.9 Å². The normalized spacial score (nSPS) is 12.7. The number of nitrogens with one attached hydrogen (secondary N) is 1. The lowest BCUT2D eigenvalue weighted by atomic mass is 10.1. The van der Waals surface area contributed by atoms with Gasteiger partial charge >= 0.3 is 6.18 Å². The minimum atomic E-state index is -4.65. The number of sulfonamides is 1. The van der Waals surface area contributed by atoms with Gasteiger partial charge in [0.15, 0.2) is 0 Å². The van der Waals surface area contributed by atoms with Crippen LogP contribution in [-0.2, 0) is 16.2 Å². The van der Waals surface area contributed by atoms with E-state index in [1.165, 1.54) is 41.0 Å². The van der Waals surface area contributed by atoms with E-state index in [1.807, 2.05) is 0 Å². The third kappa shape index (κ3) is 5.95. The molecule has 2 heterocycles. The third-order valence-corrected chi connectivity index (χ3v) is 8.47. The first-order chi connectivity index (χ1) is 19.2. The maximum Gasteiger partial charge on any atom is 0.416 e. The van der Waals surface area contributed by atoms with Crippen molar-refractivity contribution in [3.8, 4) is 11.6 Å². The highest BCUT2D eigenvalue weighted by atomic mass is 32.2. The van der Waals surface area contributed by atoms with E-state index in [1.54, 1.807) is 45.9 Å². The molecule has 2 aromatic heterocycles. The van der Waals surface area contributed by atoms with Crippen molar-refractivity contribution in [3.05, 3.63) is 88.3 Å². The standard InChI is InChI=1S/C28H28F3N5O4S/c1-17(2)36(18(3)4)41(39,40)21-12-13-25(32-15-21)34-33-16-24-22-10-5-6-11-23(22)26(37)35(27(24)38)20-9-7-8-19(14-20)28(29,30)31/h5-18,38H,1-4H3,(H,32,34)/b33-16+. The monoisotopic (exact) mass is 587 g/mol. The molecule has 2 aromatic carbocycles. The largest absolute Gasteiger partial charge is 0.494 e. The Labute approximate surface area is 234 Å². The Kier molecular flexibility index (Phi) is 8.22. The molecule has 4 rings (SSSR count). The van der Waals surface area contributed by atoms with Gasteiger partial charge in [-0.25, -0.2) is 18.0 Å². The van der Waals surface area contributed by atoms with Crippen molar-refractivity contribution in [3.63, 3.8) is 0 Å². The lowest BCUT2D eigenvalue weighted by molar-refractivity contribution is -0.137. The van der Waals surface area contributed by atoms with Crippen molar-refractivity contribution >= 4 is 32.8 Å². The molecule has 0 saturated carbocycles. The number of hydrazone groups is 1. The molecule has 13 heteroatoms. The Hall–Kier alpha value is -4.23. The molecule has 0 atom stereocenters. The number of aromatic nitrogens is 2. The van der Waals surface area contributed by atoms with Crippen molar-refractivity contribution in [1.82, 2.24) is 13.9 Å². The van der Waals surface area contributed by atoms with Crippen LogP contribution in [0.4, 0.5) is 19.0 Å². The van der Waals surface area contributed by atoms with Crippen molar-refractivity contribution in [2.75, 3.05) is 5.43 Å². The zero-order valence-corrected chi connectivity index (χ0v) is 23.4. The molecular weight excluding hydrogens is 559 g/mol. The second kappa shape index (κ2) is 11.3. The van der Waals surface area contributed by atoms with Gasteiger partial charge in [0.25, 0.3) is 5.56 Å². The van der Waals surface area contributed by atoms with E-state index in [9.17, 15) is 31.5 Å². The summed E-state index contributed by atoms with van der Waals surface area (Å²) < 4.78 is 68.2. The summed E-state index contributed by atoms with van der Waals surface area (Å²) in [6, 6.07) is 12.6. The third-order valence-electron chi connectivity index (χ3n) is 6.24. The van der Waals surface area contributed by atoms with E-state index in [-0.39, 0.29) is 39.4 Å². The molecule has 2 N–H and O–H groups in total. The number of hydrogen-bond donors (Lipinski definition) is 2. The topological polar surface area (TPSA) is 117 Å². The summed E-state index contributed by atoms with van der Waals surface area (Å²) in [7, 11) is -3.79. The van der Waals surface area contributed by atoms with Crippen molar-refractivity contribution in [2.24, 2.45) is 5.10 Å². The van der Waals surface area contributed by atoms with Crippen LogP contribution in [0.25, 0.3) is 16.5 Å². The number of nitrogens with zero attached hydrogens (tertiary/aromatic N) is 4. The summed E-state index contributed by atoms with van der Waals surface area (Å²) in [5.41, 5.74) is 0.843. The highest BCUT2D eigenvalue weighted by Gasteiger charge is 2.31. The fraction of sp³-hybridized carbons (Fsp3) is 0.250. The zero-order chi connectivity index (χ0) is 30.1. The van der Waals surface area contributed by atoms with Gasteiger partial charge in [-0.2, -0.15) is 22.6 Å². The van der Waals surface area contributed by atoms with E-state index in [0.29, 0.717) is 5.39 Å². The summed E-state index contributed by atoms with van der Waals surface area (Å²) >= 11 is 0. The number of fused-ring (bicyclic) bond motifs is 1. The smallest absolute Gasteiger partial charge is 0.416 e. The molecular formula is C28H28F3N5O4S. The summed E-state index contributed by atoms with van der Waals surface area (Å²) in [6.45, 7) is 7.13. The van der Waals surface area contributed by atoms with Crippen LogP contribution in [0.15, 0.2) is 81.7 Å². The van der Waals surface area contributed by atoms with Gasteiger partial charge in [-0.1, -0.05) is 24.3 Å². The second-order valence-corrected chi connectivity index (χ2v) is 11.6. The Morgan fingerprint density at radius 2 is 1.66 bits per heavy atom. The number of aromatic hydroxyl groups is 1. The lowest BCUT2D eigenvalue weighted by Crippen LogP contribution is -2.41. The van der Waals surface area contributed by atoms with E-state index < -0.39 is 33.2 Å². The van der Waals surface area contributed by atoms with E-state index in [0.717, 1.165) is 22.8 Å². The average molecular weight is 588 g/mol. The van der Waals surface area contributed by atoms with Gasteiger partial charge < -0.3 is 5.11 Å². The fourth-order valence-corrected chi connectivity index (χ4v) is 6.36. The molecule has 9 nitrogen and oxygen atoms in total. The number of hydrogen-bond acceptors (Lipinski definition) is 7. The SMILES string of the molecule is CC(C)N(C(C)C)S(=O)(=O)c1ccc(N/N=C/c2c(O)n(-c3cccc(C(F)(F)F)c3)c(=O)c3ccccc23)nc1. The van der Waals surface area contributed by atoms with Crippen LogP contribution in [-0.4, -0.2) is 45.7 Å². The summed E-state index contributed by atoms with van der Waals surface area (Å²) in [4.78, 5) is 17.3. The van der Waals surface area contributed by atoms with E-state index >= 15 is 0 Å². The maximum absolute atomic E-state index is 13.3. The van der Waals surface area contributed by atoms with Gasteiger partial charge in [-0.15, -0.1) is 0 Å². The molecule has 0 aliphatic heterocycles. The number of alkyl halides is 3. The van der Waals surface area contributed by atoms with Gasteiger partial charge in [-0.3, -0.25) is 10.2 Å². The summed E-state index contributed by atoms with van der Waals surface area (Å²) in [5.74, 6) is -0.425.